The van der Waals surface area contributed by atoms with Crippen molar-refractivity contribution < 1.29 is 22.7 Å². The van der Waals surface area contributed by atoms with Gasteiger partial charge in [0.15, 0.2) is 0 Å². The van der Waals surface area contributed by atoms with Crippen molar-refractivity contribution in [3.63, 3.8) is 0 Å². The second kappa shape index (κ2) is 4.82. The third-order valence-corrected chi connectivity index (χ3v) is 2.90. The van der Waals surface area contributed by atoms with Crippen molar-refractivity contribution >= 4 is 11.6 Å². The zero-order chi connectivity index (χ0) is 13.4. The molecule has 0 spiro atoms. The number of halogens is 5. The Kier molecular flexibility index (Phi) is 4.04. The van der Waals surface area contributed by atoms with E-state index in [-0.39, 0.29) is 11.1 Å². The number of aliphatic hydroxyl groups excluding tert-OH is 1. The van der Waals surface area contributed by atoms with Gasteiger partial charge < -0.3 is 5.11 Å². The molecule has 1 aromatic rings. The fourth-order valence-corrected chi connectivity index (χ4v) is 1.64. The van der Waals surface area contributed by atoms with Gasteiger partial charge in [-0.1, -0.05) is 17.7 Å². The number of hydrogen-bond acceptors (Lipinski definition) is 1. The first-order valence-corrected chi connectivity index (χ1v) is 5.16. The number of hydrogen-bond donors (Lipinski definition) is 1. The molecule has 96 valence electrons. The van der Waals surface area contributed by atoms with Crippen LogP contribution < -0.4 is 0 Å². The predicted molar refractivity (Wildman–Crippen MR) is 56.8 cm³/mol. The van der Waals surface area contributed by atoms with Crippen molar-refractivity contribution in [2.45, 2.75) is 32.3 Å². The van der Waals surface area contributed by atoms with E-state index >= 15 is 0 Å². The van der Waals surface area contributed by atoms with Crippen LogP contribution in [0.1, 0.15) is 22.8 Å². The average molecular weight is 271 g/mol. The van der Waals surface area contributed by atoms with Crippen LogP contribution in [0, 0.1) is 13.8 Å². The van der Waals surface area contributed by atoms with E-state index in [0.717, 1.165) is 0 Å². The minimum absolute atomic E-state index is 0.239. The topological polar surface area (TPSA) is 20.2 Å². The Morgan fingerprint density at radius 3 is 2.18 bits per heavy atom. The Labute approximate surface area is 101 Å². The molecule has 1 nitrogen and oxygen atoms in total. The van der Waals surface area contributed by atoms with E-state index in [2.05, 4.69) is 0 Å². The summed E-state index contributed by atoms with van der Waals surface area (Å²) in [5, 5.41) is 9.67. The molecule has 0 saturated carbocycles. The third-order valence-electron chi connectivity index (χ3n) is 2.50. The van der Waals surface area contributed by atoms with Crippen LogP contribution in [0.4, 0.5) is 17.6 Å². The minimum atomic E-state index is -4.48. The van der Waals surface area contributed by atoms with Gasteiger partial charge in [-0.15, -0.1) is 0 Å². The van der Waals surface area contributed by atoms with Crippen LogP contribution in [0.15, 0.2) is 12.1 Å². The summed E-state index contributed by atoms with van der Waals surface area (Å²) in [5.74, 6) is -4.48. The maximum atomic E-state index is 13.0. The van der Waals surface area contributed by atoms with E-state index in [1.807, 2.05) is 0 Å². The first-order valence-electron chi connectivity index (χ1n) is 4.78. The first-order chi connectivity index (χ1) is 7.67. The van der Waals surface area contributed by atoms with Gasteiger partial charge >= 0.3 is 12.3 Å². The lowest BCUT2D eigenvalue weighted by atomic mass is 9.97. The van der Waals surface area contributed by atoms with Crippen LogP contribution in [0.25, 0.3) is 0 Å². The normalized spacial score (nSPS) is 14.2. The molecule has 6 heteroatoms. The molecular weight excluding hydrogens is 260 g/mol. The Hall–Kier alpha value is -0.810. The summed E-state index contributed by atoms with van der Waals surface area (Å²) in [6.45, 7) is 2.96. The van der Waals surface area contributed by atoms with Crippen molar-refractivity contribution in [3.8, 4) is 0 Å². The number of rotatable bonds is 3. The molecule has 0 aliphatic carbocycles. The monoisotopic (exact) mass is 270 g/mol. The lowest BCUT2D eigenvalue weighted by molar-refractivity contribution is -0.194. The van der Waals surface area contributed by atoms with E-state index in [1.54, 1.807) is 6.92 Å². The summed E-state index contributed by atoms with van der Waals surface area (Å²) in [5.41, 5.74) is 0.446. The smallest absolute Gasteiger partial charge is 0.336 e. The van der Waals surface area contributed by atoms with Gasteiger partial charge in [-0.05, 0) is 36.6 Å². The molecule has 0 aromatic heterocycles. The summed E-state index contributed by atoms with van der Waals surface area (Å²) in [4.78, 5) is 0. The molecule has 0 heterocycles. The van der Waals surface area contributed by atoms with Crippen molar-refractivity contribution in [2.75, 3.05) is 0 Å². The van der Waals surface area contributed by atoms with E-state index in [0.29, 0.717) is 10.6 Å². The fraction of sp³-hybridized carbons (Fsp3) is 0.455. The van der Waals surface area contributed by atoms with Gasteiger partial charge in [-0.2, -0.15) is 8.78 Å². The highest BCUT2D eigenvalue weighted by Gasteiger charge is 2.49. The number of alkyl halides is 4. The number of benzene rings is 1. The van der Waals surface area contributed by atoms with Gasteiger partial charge in [0.05, 0.1) is 0 Å². The molecule has 0 aliphatic heterocycles. The average Bonchev–Trinajstić information content (AvgIpc) is 2.22. The standard InChI is InChI=1S/C11H11ClF4O/c1-5-4-8(12)6(2)3-7(5)9(17)11(15,16)10(13)14/h3-4,9-10,17H,1-2H3. The van der Waals surface area contributed by atoms with Crippen molar-refractivity contribution in [1.82, 2.24) is 0 Å². The SMILES string of the molecule is Cc1cc(C(O)C(F)(F)C(F)F)c(C)cc1Cl. The molecule has 1 unspecified atom stereocenters. The van der Waals surface area contributed by atoms with E-state index in [1.165, 1.54) is 19.1 Å². The van der Waals surface area contributed by atoms with Crippen molar-refractivity contribution in [2.24, 2.45) is 0 Å². The molecule has 0 aliphatic rings. The van der Waals surface area contributed by atoms with Gasteiger partial charge in [0, 0.05) is 5.02 Å². The summed E-state index contributed by atoms with van der Waals surface area (Å²) in [7, 11) is 0. The van der Waals surface area contributed by atoms with Crippen molar-refractivity contribution in [3.05, 3.63) is 33.8 Å². The first kappa shape index (κ1) is 14.3. The zero-order valence-electron chi connectivity index (χ0n) is 9.15. The molecule has 0 amide bonds. The molecular formula is C11H11ClF4O. The third kappa shape index (κ3) is 2.72. The number of aryl methyl sites for hydroxylation is 2. The molecule has 0 fully saturated rings. The highest BCUT2D eigenvalue weighted by Crippen LogP contribution is 2.38. The maximum absolute atomic E-state index is 13.0. The Bertz CT molecular complexity index is 420. The van der Waals surface area contributed by atoms with Crippen molar-refractivity contribution in [1.29, 1.82) is 0 Å². The molecule has 1 atom stereocenters. The number of aliphatic hydroxyl groups is 1. The van der Waals surface area contributed by atoms with Crippen LogP contribution >= 0.6 is 11.6 Å². The summed E-state index contributed by atoms with van der Waals surface area (Å²) in [6.07, 6.45) is -6.47. The van der Waals surface area contributed by atoms with Gasteiger partial charge in [0.25, 0.3) is 0 Å². The van der Waals surface area contributed by atoms with Gasteiger partial charge in [-0.3, -0.25) is 0 Å². The Balaban J connectivity index is 3.21. The highest BCUT2D eigenvalue weighted by atomic mass is 35.5. The Morgan fingerprint density at radius 2 is 1.71 bits per heavy atom. The summed E-state index contributed by atoms with van der Waals surface area (Å²) >= 11 is 5.75. The fourth-order valence-electron chi connectivity index (χ4n) is 1.42. The molecule has 0 bridgehead atoms. The van der Waals surface area contributed by atoms with Crippen LogP contribution in [0.3, 0.4) is 0 Å². The molecule has 17 heavy (non-hydrogen) atoms. The molecule has 1 rings (SSSR count). The van der Waals surface area contributed by atoms with Gasteiger partial charge in [0.1, 0.15) is 6.10 Å². The minimum Gasteiger partial charge on any atom is -0.382 e. The molecule has 0 radical (unpaired) electrons. The van der Waals surface area contributed by atoms with Gasteiger partial charge in [-0.25, -0.2) is 8.78 Å². The lowest BCUT2D eigenvalue weighted by Crippen LogP contribution is -2.34. The van der Waals surface area contributed by atoms with Crippen LogP contribution in [-0.2, 0) is 0 Å². The predicted octanol–water partition coefficient (Wildman–Crippen LogP) is 3.89. The molecule has 1 aromatic carbocycles. The highest BCUT2D eigenvalue weighted by molar-refractivity contribution is 6.31. The Morgan fingerprint density at radius 1 is 1.18 bits per heavy atom. The second-order valence-corrected chi connectivity index (χ2v) is 4.24. The van der Waals surface area contributed by atoms with E-state index < -0.39 is 18.5 Å². The van der Waals surface area contributed by atoms with Crippen LogP contribution in [-0.4, -0.2) is 17.5 Å². The quantitative estimate of drug-likeness (QED) is 0.826. The lowest BCUT2D eigenvalue weighted by Gasteiger charge is -2.23. The van der Waals surface area contributed by atoms with Crippen LogP contribution in [0.5, 0.6) is 0 Å². The molecule has 1 N–H and O–H groups in total. The maximum Gasteiger partial charge on any atom is 0.336 e. The van der Waals surface area contributed by atoms with Crippen LogP contribution in [0.2, 0.25) is 5.02 Å². The van der Waals surface area contributed by atoms with Gasteiger partial charge in [0.2, 0.25) is 0 Å². The van der Waals surface area contributed by atoms with E-state index in [4.69, 9.17) is 11.6 Å². The largest absolute Gasteiger partial charge is 0.382 e. The summed E-state index contributed by atoms with van der Waals surface area (Å²) < 4.78 is 50.3. The van der Waals surface area contributed by atoms with E-state index in [9.17, 15) is 22.7 Å². The summed E-state index contributed by atoms with van der Waals surface area (Å²) in [6, 6.07) is 2.55. The molecule has 0 saturated heterocycles. The second-order valence-electron chi connectivity index (χ2n) is 3.84. The zero-order valence-corrected chi connectivity index (χ0v) is 9.90.